The van der Waals surface area contributed by atoms with Gasteiger partial charge in [-0.2, -0.15) is 0 Å². The summed E-state index contributed by atoms with van der Waals surface area (Å²) < 4.78 is 41.2. The summed E-state index contributed by atoms with van der Waals surface area (Å²) in [5.41, 5.74) is 1.83. The van der Waals surface area contributed by atoms with Gasteiger partial charge >= 0.3 is 6.36 Å². The van der Waals surface area contributed by atoms with Gasteiger partial charge < -0.3 is 10.1 Å². The molecule has 0 saturated carbocycles. The van der Waals surface area contributed by atoms with Crippen molar-refractivity contribution in [1.82, 2.24) is 10.2 Å². The minimum Gasteiger partial charge on any atom is -0.406 e. The molecule has 0 unspecified atom stereocenters. The molecule has 3 nitrogen and oxygen atoms in total. The van der Waals surface area contributed by atoms with Gasteiger partial charge in [-0.05, 0) is 31.0 Å². The normalized spacial score (nSPS) is 18.0. The van der Waals surface area contributed by atoms with Crippen LogP contribution in [0.3, 0.4) is 0 Å². The fourth-order valence-corrected chi connectivity index (χ4v) is 2.70. The van der Waals surface area contributed by atoms with Crippen LogP contribution in [0.15, 0.2) is 36.4 Å². The number of nitrogens with one attached hydrogen (secondary N) is 1. The Morgan fingerprint density at radius 1 is 1.36 bits per heavy atom. The average Bonchev–Trinajstić information content (AvgIpc) is 2.44. The number of piperazine rings is 1. The maximum atomic E-state index is 12.4. The molecule has 1 saturated heterocycles. The molecule has 122 valence electrons. The second-order valence-electron chi connectivity index (χ2n) is 5.58. The SMILES string of the molecule is C=C(C)C[C@H](c1cccc(OC(F)(F)F)c1)N1CCNCC1. The van der Waals surface area contributed by atoms with Crippen molar-refractivity contribution in [3.8, 4) is 5.75 Å². The van der Waals surface area contributed by atoms with Gasteiger partial charge in [0.05, 0.1) is 0 Å². The largest absolute Gasteiger partial charge is 0.573 e. The third kappa shape index (κ3) is 5.03. The predicted molar refractivity (Wildman–Crippen MR) is 79.7 cm³/mol. The van der Waals surface area contributed by atoms with Gasteiger partial charge in [0.15, 0.2) is 0 Å². The highest BCUT2D eigenvalue weighted by Crippen LogP contribution is 2.31. The predicted octanol–water partition coefficient (Wildman–Crippen LogP) is 3.50. The second kappa shape index (κ2) is 7.15. The molecule has 1 aromatic carbocycles. The van der Waals surface area contributed by atoms with Crippen LogP contribution in [-0.4, -0.2) is 37.4 Å². The number of nitrogens with zero attached hydrogens (tertiary/aromatic N) is 1. The number of ether oxygens (including phenoxy) is 1. The lowest BCUT2D eigenvalue weighted by atomic mass is 9.98. The van der Waals surface area contributed by atoms with E-state index in [1.807, 2.05) is 13.0 Å². The van der Waals surface area contributed by atoms with Crippen LogP contribution in [0, 0.1) is 0 Å². The lowest BCUT2D eigenvalue weighted by molar-refractivity contribution is -0.274. The van der Waals surface area contributed by atoms with E-state index in [1.54, 1.807) is 6.07 Å². The van der Waals surface area contributed by atoms with E-state index in [0.717, 1.165) is 43.7 Å². The van der Waals surface area contributed by atoms with E-state index < -0.39 is 6.36 Å². The molecule has 0 aromatic heterocycles. The lowest BCUT2D eigenvalue weighted by Crippen LogP contribution is -2.45. The highest BCUT2D eigenvalue weighted by Gasteiger charge is 2.31. The molecule has 6 heteroatoms. The molecule has 2 rings (SSSR count). The molecule has 22 heavy (non-hydrogen) atoms. The van der Waals surface area contributed by atoms with Crippen molar-refractivity contribution in [3.63, 3.8) is 0 Å². The molecule has 0 radical (unpaired) electrons. The maximum absolute atomic E-state index is 12.4. The highest BCUT2D eigenvalue weighted by atomic mass is 19.4. The minimum absolute atomic E-state index is 0.0244. The second-order valence-corrected chi connectivity index (χ2v) is 5.58. The van der Waals surface area contributed by atoms with Crippen molar-refractivity contribution in [2.75, 3.05) is 26.2 Å². The highest BCUT2D eigenvalue weighted by molar-refractivity contribution is 5.31. The Morgan fingerprint density at radius 3 is 2.64 bits per heavy atom. The van der Waals surface area contributed by atoms with Crippen molar-refractivity contribution in [1.29, 1.82) is 0 Å². The Bertz CT molecular complexity index is 510. The molecule has 1 aliphatic rings. The van der Waals surface area contributed by atoms with Crippen molar-refractivity contribution < 1.29 is 17.9 Å². The van der Waals surface area contributed by atoms with Crippen LogP contribution in [0.25, 0.3) is 0 Å². The van der Waals surface area contributed by atoms with Crippen molar-refractivity contribution in [2.45, 2.75) is 25.7 Å². The van der Waals surface area contributed by atoms with Crippen LogP contribution < -0.4 is 10.1 Å². The van der Waals surface area contributed by atoms with Gasteiger partial charge in [-0.1, -0.05) is 17.7 Å². The molecule has 0 bridgehead atoms. The maximum Gasteiger partial charge on any atom is 0.573 e. The molecular weight excluding hydrogens is 293 g/mol. The monoisotopic (exact) mass is 314 g/mol. The molecule has 1 fully saturated rings. The Morgan fingerprint density at radius 2 is 2.05 bits per heavy atom. The standard InChI is InChI=1S/C16H21F3N2O/c1-12(2)10-15(21-8-6-20-7-9-21)13-4-3-5-14(11-13)22-16(17,18)19/h3-5,11,15,20H,1,6-10H2,2H3/t15-/m1/s1. The zero-order valence-electron chi connectivity index (χ0n) is 12.6. The van der Waals surface area contributed by atoms with Gasteiger partial charge in [0.1, 0.15) is 5.75 Å². The Labute approximate surface area is 128 Å². The third-order valence-electron chi connectivity index (χ3n) is 3.61. The lowest BCUT2D eigenvalue weighted by Gasteiger charge is -2.35. The molecule has 1 atom stereocenters. The number of halogens is 3. The molecule has 0 spiro atoms. The van der Waals surface area contributed by atoms with Gasteiger partial charge in [-0.25, -0.2) is 0 Å². The van der Waals surface area contributed by atoms with E-state index in [2.05, 4.69) is 21.5 Å². The Kier molecular flexibility index (Phi) is 5.47. The van der Waals surface area contributed by atoms with Crippen LogP contribution in [0.4, 0.5) is 13.2 Å². The summed E-state index contributed by atoms with van der Waals surface area (Å²) in [6.45, 7) is 9.37. The van der Waals surface area contributed by atoms with E-state index in [9.17, 15) is 13.2 Å². The van der Waals surface area contributed by atoms with Crippen LogP contribution >= 0.6 is 0 Å². The molecule has 1 aromatic rings. The summed E-state index contributed by atoms with van der Waals surface area (Å²) >= 11 is 0. The summed E-state index contributed by atoms with van der Waals surface area (Å²) in [6.07, 6.45) is -3.95. The molecule has 1 N–H and O–H groups in total. The first-order chi connectivity index (χ1) is 10.3. The van der Waals surface area contributed by atoms with Crippen molar-refractivity contribution in [3.05, 3.63) is 42.0 Å². The Balaban J connectivity index is 2.22. The smallest absolute Gasteiger partial charge is 0.406 e. The van der Waals surface area contributed by atoms with E-state index in [1.165, 1.54) is 12.1 Å². The van der Waals surface area contributed by atoms with Crippen molar-refractivity contribution in [2.24, 2.45) is 0 Å². The first-order valence-electron chi connectivity index (χ1n) is 7.30. The summed E-state index contributed by atoms with van der Waals surface area (Å²) in [7, 11) is 0. The number of benzene rings is 1. The van der Waals surface area contributed by atoms with Gasteiger partial charge in [0, 0.05) is 32.2 Å². The Hall–Kier alpha value is -1.53. The third-order valence-corrected chi connectivity index (χ3v) is 3.61. The number of hydrogen-bond acceptors (Lipinski definition) is 3. The van der Waals surface area contributed by atoms with Gasteiger partial charge in [0.25, 0.3) is 0 Å². The summed E-state index contributed by atoms with van der Waals surface area (Å²) in [4.78, 5) is 2.28. The zero-order chi connectivity index (χ0) is 16.2. The molecular formula is C16H21F3N2O. The molecule has 1 heterocycles. The fraction of sp³-hybridized carbons (Fsp3) is 0.500. The van der Waals surface area contributed by atoms with E-state index in [0.29, 0.717) is 0 Å². The van der Waals surface area contributed by atoms with Crippen LogP contribution in [-0.2, 0) is 0 Å². The zero-order valence-corrected chi connectivity index (χ0v) is 12.6. The summed E-state index contributed by atoms with van der Waals surface area (Å²) in [5, 5.41) is 3.28. The number of alkyl halides is 3. The topological polar surface area (TPSA) is 24.5 Å². The summed E-state index contributed by atoms with van der Waals surface area (Å²) in [6, 6.07) is 6.27. The molecule has 1 aliphatic heterocycles. The fourth-order valence-electron chi connectivity index (χ4n) is 2.70. The van der Waals surface area contributed by atoms with E-state index in [4.69, 9.17) is 0 Å². The van der Waals surface area contributed by atoms with E-state index >= 15 is 0 Å². The van der Waals surface area contributed by atoms with Crippen LogP contribution in [0.2, 0.25) is 0 Å². The minimum atomic E-state index is -4.67. The summed E-state index contributed by atoms with van der Waals surface area (Å²) in [5.74, 6) is -0.174. The van der Waals surface area contributed by atoms with Gasteiger partial charge in [-0.3, -0.25) is 4.90 Å². The first-order valence-corrected chi connectivity index (χ1v) is 7.30. The van der Waals surface area contributed by atoms with Crippen LogP contribution in [0.1, 0.15) is 24.9 Å². The first kappa shape index (κ1) is 16.8. The number of rotatable bonds is 5. The molecule has 0 aliphatic carbocycles. The van der Waals surface area contributed by atoms with Crippen LogP contribution in [0.5, 0.6) is 5.75 Å². The quantitative estimate of drug-likeness (QED) is 0.842. The van der Waals surface area contributed by atoms with Gasteiger partial charge in [-0.15, -0.1) is 19.8 Å². The van der Waals surface area contributed by atoms with Gasteiger partial charge in [0.2, 0.25) is 0 Å². The molecule has 0 amide bonds. The average molecular weight is 314 g/mol. The van der Waals surface area contributed by atoms with E-state index in [-0.39, 0.29) is 11.8 Å². The number of hydrogen-bond donors (Lipinski definition) is 1. The van der Waals surface area contributed by atoms with Crippen molar-refractivity contribution >= 4 is 0 Å².